The van der Waals surface area contributed by atoms with Crippen LogP contribution in [0.4, 0.5) is 4.39 Å². The van der Waals surface area contributed by atoms with Gasteiger partial charge in [0.05, 0.1) is 6.61 Å². The van der Waals surface area contributed by atoms with E-state index in [0.29, 0.717) is 18.4 Å². The van der Waals surface area contributed by atoms with Gasteiger partial charge in [0, 0.05) is 27.4 Å². The Morgan fingerprint density at radius 3 is 2.52 bits per heavy atom. The van der Waals surface area contributed by atoms with Crippen molar-refractivity contribution < 1.29 is 13.9 Å². The first-order valence-corrected chi connectivity index (χ1v) is 7.61. The molecule has 0 saturated heterocycles. The molecule has 0 aliphatic heterocycles. The largest absolute Gasteiger partial charge is 0.385 e. The Labute approximate surface area is 127 Å². The van der Waals surface area contributed by atoms with E-state index in [1.54, 1.807) is 20.3 Å². The van der Waals surface area contributed by atoms with Gasteiger partial charge in [0.15, 0.2) is 0 Å². The van der Waals surface area contributed by atoms with Crippen LogP contribution < -0.4 is 5.32 Å². The number of methoxy groups -OCH3 is 2. The van der Waals surface area contributed by atoms with E-state index in [-0.39, 0.29) is 5.82 Å². The average molecular weight is 297 g/mol. The lowest BCUT2D eigenvalue weighted by Crippen LogP contribution is -2.31. The predicted molar refractivity (Wildman–Crippen MR) is 84.0 cm³/mol. The predicted octanol–water partition coefficient (Wildman–Crippen LogP) is 2.89. The molecular formula is C17H28FNO2. The Bertz CT molecular complexity index is 387. The Balaban J connectivity index is 2.59. The van der Waals surface area contributed by atoms with E-state index < -0.39 is 0 Å². The Morgan fingerprint density at radius 1 is 1.14 bits per heavy atom. The molecule has 0 aliphatic rings. The van der Waals surface area contributed by atoms with E-state index in [2.05, 4.69) is 12.2 Å². The van der Waals surface area contributed by atoms with Gasteiger partial charge in [-0.15, -0.1) is 0 Å². The molecule has 0 heterocycles. The minimum atomic E-state index is -0.113. The molecule has 0 amide bonds. The van der Waals surface area contributed by atoms with E-state index in [1.165, 1.54) is 6.07 Å². The van der Waals surface area contributed by atoms with Crippen molar-refractivity contribution in [3.8, 4) is 0 Å². The van der Waals surface area contributed by atoms with E-state index in [0.717, 1.165) is 38.1 Å². The highest BCUT2D eigenvalue weighted by Gasteiger charge is 2.19. The fourth-order valence-electron chi connectivity index (χ4n) is 2.42. The van der Waals surface area contributed by atoms with Crippen LogP contribution in [0.1, 0.15) is 18.9 Å². The van der Waals surface area contributed by atoms with Gasteiger partial charge >= 0.3 is 0 Å². The lowest BCUT2D eigenvalue weighted by molar-refractivity contribution is 0.161. The number of benzene rings is 1. The molecule has 1 rings (SSSR count). The molecule has 0 spiro atoms. The number of halogens is 1. The van der Waals surface area contributed by atoms with Gasteiger partial charge in [-0.05, 0) is 42.9 Å². The normalized spacial score (nSPS) is 14.1. The molecule has 1 N–H and O–H groups in total. The molecule has 2 unspecified atom stereocenters. The fraction of sp³-hybridized carbons (Fsp3) is 0.647. The highest BCUT2D eigenvalue weighted by Crippen LogP contribution is 2.21. The van der Waals surface area contributed by atoms with Crippen molar-refractivity contribution in [3.05, 3.63) is 35.6 Å². The summed E-state index contributed by atoms with van der Waals surface area (Å²) in [5.41, 5.74) is 0.792. The van der Waals surface area contributed by atoms with Crippen LogP contribution in [-0.4, -0.2) is 40.5 Å². The Kier molecular flexibility index (Phi) is 9.22. The van der Waals surface area contributed by atoms with Gasteiger partial charge in [-0.2, -0.15) is 0 Å². The zero-order valence-electron chi connectivity index (χ0n) is 13.4. The second kappa shape index (κ2) is 10.7. The summed E-state index contributed by atoms with van der Waals surface area (Å²) in [5.74, 6) is 0.742. The molecule has 0 aromatic heterocycles. The number of hydrogen-bond donors (Lipinski definition) is 1. The van der Waals surface area contributed by atoms with Gasteiger partial charge in [0.1, 0.15) is 5.82 Å². The van der Waals surface area contributed by atoms with Gasteiger partial charge in [0.2, 0.25) is 0 Å². The summed E-state index contributed by atoms with van der Waals surface area (Å²) >= 11 is 0. The molecule has 1 aromatic carbocycles. The standard InChI is InChI=1S/C17H28FNO2/c1-14(8-10-20-2)16(13-19-9-11-21-3)12-15-6-4-5-7-17(15)18/h4-7,14,16,19H,8-13H2,1-3H3. The zero-order chi connectivity index (χ0) is 15.5. The maximum atomic E-state index is 13.8. The van der Waals surface area contributed by atoms with Crippen LogP contribution in [0.3, 0.4) is 0 Å². The maximum absolute atomic E-state index is 13.8. The lowest BCUT2D eigenvalue weighted by atomic mass is 9.86. The number of hydrogen-bond acceptors (Lipinski definition) is 3. The molecule has 120 valence electrons. The summed E-state index contributed by atoms with van der Waals surface area (Å²) < 4.78 is 24.1. The molecule has 0 bridgehead atoms. The van der Waals surface area contributed by atoms with E-state index in [9.17, 15) is 4.39 Å². The SMILES string of the molecule is COCCNCC(Cc1ccccc1F)C(C)CCOC. The van der Waals surface area contributed by atoms with Gasteiger partial charge in [-0.1, -0.05) is 25.1 Å². The third-order valence-electron chi connectivity index (χ3n) is 3.91. The molecule has 0 fully saturated rings. The first kappa shape index (κ1) is 18.1. The minimum absolute atomic E-state index is 0.113. The van der Waals surface area contributed by atoms with Crippen LogP contribution in [-0.2, 0) is 15.9 Å². The van der Waals surface area contributed by atoms with Crippen LogP contribution in [0.25, 0.3) is 0 Å². The van der Waals surface area contributed by atoms with Crippen LogP contribution in [0, 0.1) is 17.7 Å². The highest BCUT2D eigenvalue weighted by atomic mass is 19.1. The van der Waals surface area contributed by atoms with E-state index in [4.69, 9.17) is 9.47 Å². The minimum Gasteiger partial charge on any atom is -0.385 e. The highest BCUT2D eigenvalue weighted by molar-refractivity contribution is 5.18. The molecule has 0 saturated carbocycles. The summed E-state index contributed by atoms with van der Waals surface area (Å²) in [4.78, 5) is 0. The van der Waals surface area contributed by atoms with Gasteiger partial charge in [-0.3, -0.25) is 0 Å². The summed E-state index contributed by atoms with van der Waals surface area (Å²) in [6.07, 6.45) is 1.74. The lowest BCUT2D eigenvalue weighted by Gasteiger charge is -2.24. The van der Waals surface area contributed by atoms with Crippen molar-refractivity contribution in [2.75, 3.05) is 40.5 Å². The van der Waals surface area contributed by atoms with E-state index in [1.807, 2.05) is 12.1 Å². The van der Waals surface area contributed by atoms with Crippen molar-refractivity contribution >= 4 is 0 Å². The second-order valence-corrected chi connectivity index (χ2v) is 5.51. The topological polar surface area (TPSA) is 30.5 Å². The van der Waals surface area contributed by atoms with Crippen molar-refractivity contribution in [2.24, 2.45) is 11.8 Å². The second-order valence-electron chi connectivity index (χ2n) is 5.51. The van der Waals surface area contributed by atoms with Crippen LogP contribution >= 0.6 is 0 Å². The molecule has 21 heavy (non-hydrogen) atoms. The van der Waals surface area contributed by atoms with Crippen LogP contribution in [0.2, 0.25) is 0 Å². The molecule has 1 aromatic rings. The third kappa shape index (κ3) is 7.02. The van der Waals surface area contributed by atoms with Crippen molar-refractivity contribution in [3.63, 3.8) is 0 Å². The molecular weight excluding hydrogens is 269 g/mol. The monoisotopic (exact) mass is 297 g/mol. The summed E-state index contributed by atoms with van der Waals surface area (Å²) in [6.45, 7) is 5.33. The number of nitrogens with one attached hydrogen (secondary N) is 1. The quantitative estimate of drug-likeness (QED) is 0.637. The average Bonchev–Trinajstić information content (AvgIpc) is 2.49. The van der Waals surface area contributed by atoms with Crippen LogP contribution in [0.15, 0.2) is 24.3 Å². The zero-order valence-corrected chi connectivity index (χ0v) is 13.4. The van der Waals surface area contributed by atoms with Crippen molar-refractivity contribution in [1.82, 2.24) is 5.32 Å². The molecule has 4 heteroatoms. The third-order valence-corrected chi connectivity index (χ3v) is 3.91. The van der Waals surface area contributed by atoms with Gasteiger partial charge in [0.25, 0.3) is 0 Å². The molecule has 0 aliphatic carbocycles. The summed E-state index contributed by atoms with van der Waals surface area (Å²) in [5, 5.41) is 3.40. The van der Waals surface area contributed by atoms with Gasteiger partial charge < -0.3 is 14.8 Å². The maximum Gasteiger partial charge on any atom is 0.126 e. The molecule has 0 radical (unpaired) electrons. The fourth-order valence-corrected chi connectivity index (χ4v) is 2.42. The smallest absolute Gasteiger partial charge is 0.126 e. The van der Waals surface area contributed by atoms with Crippen molar-refractivity contribution in [1.29, 1.82) is 0 Å². The first-order chi connectivity index (χ1) is 10.2. The molecule has 3 nitrogen and oxygen atoms in total. The Hall–Kier alpha value is -0.970. The molecule has 2 atom stereocenters. The van der Waals surface area contributed by atoms with Crippen molar-refractivity contribution in [2.45, 2.75) is 19.8 Å². The van der Waals surface area contributed by atoms with Gasteiger partial charge in [-0.25, -0.2) is 4.39 Å². The first-order valence-electron chi connectivity index (χ1n) is 7.61. The number of ether oxygens (including phenoxy) is 2. The number of rotatable bonds is 11. The summed E-state index contributed by atoms with van der Waals surface area (Å²) in [7, 11) is 3.41. The summed E-state index contributed by atoms with van der Waals surface area (Å²) in [6, 6.07) is 7.04. The van der Waals surface area contributed by atoms with Crippen LogP contribution in [0.5, 0.6) is 0 Å². The van der Waals surface area contributed by atoms with E-state index >= 15 is 0 Å². The Morgan fingerprint density at radius 2 is 1.86 bits per heavy atom.